The summed E-state index contributed by atoms with van der Waals surface area (Å²) in [4.78, 5) is 22.1. The number of benzene rings is 1. The molecule has 3 saturated heterocycles. The third-order valence-electron chi connectivity index (χ3n) is 6.75. The van der Waals surface area contributed by atoms with Crippen LogP contribution in [0.1, 0.15) is 48.9 Å². The van der Waals surface area contributed by atoms with Gasteiger partial charge in [-0.2, -0.15) is 0 Å². The van der Waals surface area contributed by atoms with Crippen molar-refractivity contribution in [3.63, 3.8) is 0 Å². The quantitative estimate of drug-likeness (QED) is 0.747. The van der Waals surface area contributed by atoms with Crippen molar-refractivity contribution in [1.29, 1.82) is 0 Å². The lowest BCUT2D eigenvalue weighted by Gasteiger charge is -2.37. The number of likely N-dealkylation sites (tertiary alicyclic amines) is 1. The highest BCUT2D eigenvalue weighted by Gasteiger charge is 2.40. The maximum atomic E-state index is 13.1. The molecule has 4 heterocycles. The Balaban J connectivity index is 1.27. The van der Waals surface area contributed by atoms with Crippen molar-refractivity contribution < 1.29 is 14.3 Å². The van der Waals surface area contributed by atoms with Crippen LogP contribution in [-0.4, -0.2) is 61.0 Å². The average molecular weight is 422 g/mol. The van der Waals surface area contributed by atoms with E-state index in [0.29, 0.717) is 26.3 Å². The Hall–Kier alpha value is -2.44. The predicted molar refractivity (Wildman–Crippen MR) is 120 cm³/mol. The Morgan fingerprint density at radius 3 is 2.29 bits per heavy atom. The first-order valence-electron chi connectivity index (χ1n) is 11.6. The SMILES string of the molecule is O=C(c1cccc(-c2ccc(N3CCCCCC3)nc2)c1)N1CCC2(CC1)OCCO2. The van der Waals surface area contributed by atoms with E-state index in [2.05, 4.69) is 17.0 Å². The van der Waals surface area contributed by atoms with Gasteiger partial charge in [0.25, 0.3) is 5.91 Å². The van der Waals surface area contributed by atoms with E-state index in [9.17, 15) is 4.79 Å². The van der Waals surface area contributed by atoms with Crippen molar-refractivity contribution in [3.8, 4) is 11.1 Å². The zero-order valence-corrected chi connectivity index (χ0v) is 18.1. The van der Waals surface area contributed by atoms with Gasteiger partial charge in [0.1, 0.15) is 5.82 Å². The fourth-order valence-electron chi connectivity index (χ4n) is 4.89. The molecule has 3 aliphatic rings. The fourth-order valence-corrected chi connectivity index (χ4v) is 4.89. The smallest absolute Gasteiger partial charge is 0.253 e. The minimum Gasteiger partial charge on any atom is -0.357 e. The summed E-state index contributed by atoms with van der Waals surface area (Å²) in [6.45, 7) is 4.80. The summed E-state index contributed by atoms with van der Waals surface area (Å²) < 4.78 is 11.6. The third-order valence-corrected chi connectivity index (χ3v) is 6.75. The lowest BCUT2D eigenvalue weighted by Crippen LogP contribution is -2.47. The molecule has 6 heteroatoms. The highest BCUT2D eigenvalue weighted by atomic mass is 16.7. The van der Waals surface area contributed by atoms with Gasteiger partial charge in [-0.3, -0.25) is 4.79 Å². The molecule has 164 valence electrons. The normalized spacial score (nSPS) is 21.3. The van der Waals surface area contributed by atoms with E-state index < -0.39 is 5.79 Å². The van der Waals surface area contributed by atoms with Gasteiger partial charge in [0.05, 0.1) is 13.2 Å². The number of rotatable bonds is 3. The van der Waals surface area contributed by atoms with Crippen LogP contribution in [0.2, 0.25) is 0 Å². The topological polar surface area (TPSA) is 54.9 Å². The van der Waals surface area contributed by atoms with Gasteiger partial charge in [0.2, 0.25) is 0 Å². The summed E-state index contributed by atoms with van der Waals surface area (Å²) in [5, 5.41) is 0. The summed E-state index contributed by atoms with van der Waals surface area (Å²) in [6, 6.07) is 12.1. The Kier molecular flexibility index (Phi) is 5.92. The molecule has 5 rings (SSSR count). The van der Waals surface area contributed by atoms with Crippen LogP contribution in [0, 0.1) is 0 Å². The first-order chi connectivity index (χ1) is 15.2. The molecule has 0 bridgehead atoms. The minimum atomic E-state index is -0.459. The van der Waals surface area contributed by atoms with Crippen molar-refractivity contribution in [3.05, 3.63) is 48.2 Å². The molecule has 1 aromatic carbocycles. The monoisotopic (exact) mass is 421 g/mol. The fraction of sp³-hybridized carbons (Fsp3) is 0.520. The highest BCUT2D eigenvalue weighted by molar-refractivity contribution is 5.95. The summed E-state index contributed by atoms with van der Waals surface area (Å²) in [5.41, 5.74) is 2.79. The van der Waals surface area contributed by atoms with E-state index >= 15 is 0 Å². The molecule has 3 aliphatic heterocycles. The molecular formula is C25H31N3O3. The van der Waals surface area contributed by atoms with Gasteiger partial charge in [-0.05, 0) is 42.7 Å². The van der Waals surface area contributed by atoms with Crippen molar-refractivity contribution in [2.24, 2.45) is 0 Å². The average Bonchev–Trinajstić information content (AvgIpc) is 3.10. The molecule has 0 atom stereocenters. The molecular weight excluding hydrogens is 390 g/mol. The van der Waals surface area contributed by atoms with E-state index in [4.69, 9.17) is 14.5 Å². The summed E-state index contributed by atoms with van der Waals surface area (Å²) in [7, 11) is 0. The standard InChI is InChI=1S/C25H31N3O3/c29-24(28-14-10-25(11-15-28)30-16-17-31-25)21-7-5-6-20(18-21)22-8-9-23(26-19-22)27-12-3-1-2-4-13-27/h5-9,18-19H,1-4,10-17H2. The second-order valence-corrected chi connectivity index (χ2v) is 8.79. The predicted octanol–water partition coefficient (Wildman–Crippen LogP) is 4.11. The van der Waals surface area contributed by atoms with Crippen LogP contribution in [-0.2, 0) is 9.47 Å². The van der Waals surface area contributed by atoms with Crippen molar-refractivity contribution >= 4 is 11.7 Å². The Morgan fingerprint density at radius 1 is 0.871 bits per heavy atom. The van der Waals surface area contributed by atoms with Gasteiger partial charge in [0.15, 0.2) is 5.79 Å². The second kappa shape index (κ2) is 8.97. The van der Waals surface area contributed by atoms with Crippen LogP contribution in [0.25, 0.3) is 11.1 Å². The second-order valence-electron chi connectivity index (χ2n) is 8.79. The van der Waals surface area contributed by atoms with E-state index in [-0.39, 0.29) is 5.91 Å². The Bertz CT molecular complexity index is 890. The van der Waals surface area contributed by atoms with Gasteiger partial charge in [-0.1, -0.05) is 25.0 Å². The summed E-state index contributed by atoms with van der Waals surface area (Å²) >= 11 is 0. The number of carbonyl (C=O) groups is 1. The Morgan fingerprint density at radius 2 is 1.61 bits per heavy atom. The number of anilines is 1. The van der Waals surface area contributed by atoms with Crippen LogP contribution >= 0.6 is 0 Å². The number of carbonyl (C=O) groups excluding carboxylic acids is 1. The number of amides is 1. The molecule has 3 fully saturated rings. The van der Waals surface area contributed by atoms with Crippen molar-refractivity contribution in [2.45, 2.75) is 44.3 Å². The number of aromatic nitrogens is 1. The van der Waals surface area contributed by atoms with Crippen LogP contribution in [0.15, 0.2) is 42.6 Å². The number of nitrogens with zero attached hydrogens (tertiary/aromatic N) is 3. The maximum absolute atomic E-state index is 13.1. The lowest BCUT2D eigenvalue weighted by molar-refractivity contribution is -0.181. The van der Waals surface area contributed by atoms with E-state index in [0.717, 1.165) is 48.4 Å². The van der Waals surface area contributed by atoms with Crippen LogP contribution in [0.4, 0.5) is 5.82 Å². The van der Waals surface area contributed by atoms with Crippen molar-refractivity contribution in [1.82, 2.24) is 9.88 Å². The largest absolute Gasteiger partial charge is 0.357 e. The van der Waals surface area contributed by atoms with Crippen LogP contribution in [0.5, 0.6) is 0 Å². The molecule has 1 aromatic heterocycles. The highest BCUT2D eigenvalue weighted by Crippen LogP contribution is 2.32. The molecule has 0 aliphatic carbocycles. The number of piperidine rings is 1. The molecule has 0 radical (unpaired) electrons. The van der Waals surface area contributed by atoms with Gasteiger partial charge in [-0.25, -0.2) is 4.98 Å². The summed E-state index contributed by atoms with van der Waals surface area (Å²) in [5.74, 6) is 0.666. The first kappa shape index (κ1) is 20.5. The van der Waals surface area contributed by atoms with Crippen LogP contribution < -0.4 is 4.90 Å². The number of hydrogen-bond acceptors (Lipinski definition) is 5. The molecule has 1 amide bonds. The Labute approximate surface area is 184 Å². The minimum absolute atomic E-state index is 0.0730. The van der Waals surface area contributed by atoms with E-state index in [1.807, 2.05) is 35.4 Å². The van der Waals surface area contributed by atoms with Gasteiger partial charge >= 0.3 is 0 Å². The number of ether oxygens (including phenoxy) is 2. The van der Waals surface area contributed by atoms with Crippen LogP contribution in [0.3, 0.4) is 0 Å². The maximum Gasteiger partial charge on any atom is 0.253 e. The molecule has 31 heavy (non-hydrogen) atoms. The zero-order valence-electron chi connectivity index (χ0n) is 18.1. The van der Waals surface area contributed by atoms with E-state index in [1.54, 1.807) is 0 Å². The lowest BCUT2D eigenvalue weighted by atomic mass is 10.0. The third kappa shape index (κ3) is 4.46. The van der Waals surface area contributed by atoms with Gasteiger partial charge in [-0.15, -0.1) is 0 Å². The summed E-state index contributed by atoms with van der Waals surface area (Å²) in [6.07, 6.45) is 8.51. The first-order valence-corrected chi connectivity index (χ1v) is 11.6. The molecule has 6 nitrogen and oxygen atoms in total. The van der Waals surface area contributed by atoms with Gasteiger partial charge < -0.3 is 19.3 Å². The molecule has 0 saturated carbocycles. The van der Waals surface area contributed by atoms with Gasteiger partial charge in [0, 0.05) is 56.3 Å². The number of pyridine rings is 1. The van der Waals surface area contributed by atoms with E-state index in [1.165, 1.54) is 25.7 Å². The molecule has 0 N–H and O–H groups in total. The zero-order chi connectivity index (χ0) is 21.1. The molecule has 0 unspecified atom stereocenters. The number of hydrogen-bond donors (Lipinski definition) is 0. The van der Waals surface area contributed by atoms with Crippen molar-refractivity contribution in [2.75, 3.05) is 44.3 Å². The molecule has 2 aromatic rings. The molecule has 1 spiro atoms.